The summed E-state index contributed by atoms with van der Waals surface area (Å²) in [6, 6.07) is 61.1. The second kappa shape index (κ2) is 47.0. The Morgan fingerprint density at radius 3 is 0.960 bits per heavy atom. The van der Waals surface area contributed by atoms with Crippen molar-refractivity contribution in [2.24, 2.45) is 11.8 Å². The maximum atomic E-state index is 6.90. The van der Waals surface area contributed by atoms with Gasteiger partial charge in [-0.3, -0.25) is 0 Å². The fraction of sp³-hybridized carbons (Fsp3) is 0.596. The summed E-state index contributed by atoms with van der Waals surface area (Å²) in [6.07, 6.45) is 19.8. The summed E-state index contributed by atoms with van der Waals surface area (Å²) in [7, 11) is -3.70. The molecular formula is C89H134O10Si2. The molecule has 0 spiro atoms. The van der Waals surface area contributed by atoms with Crippen LogP contribution in [-0.2, 0) is 71.2 Å². The minimum Gasteiger partial charge on any atom is -0.379 e. The van der Waals surface area contributed by atoms with Crippen molar-refractivity contribution in [3.63, 3.8) is 0 Å². The van der Waals surface area contributed by atoms with E-state index in [1.165, 1.54) is 102 Å². The lowest BCUT2D eigenvalue weighted by Crippen LogP contribution is -2.46. The fourth-order valence-corrected chi connectivity index (χ4v) is 20.5. The van der Waals surface area contributed by atoms with Crippen molar-refractivity contribution in [1.29, 1.82) is 0 Å². The zero-order valence-corrected chi connectivity index (χ0v) is 66.8. The van der Waals surface area contributed by atoms with Gasteiger partial charge in [0.15, 0.2) is 0 Å². The van der Waals surface area contributed by atoms with Gasteiger partial charge in [0, 0.05) is 78.7 Å². The summed E-state index contributed by atoms with van der Waals surface area (Å²) in [6.45, 7) is 30.3. The summed E-state index contributed by atoms with van der Waals surface area (Å²) in [5.74, 6) is 3.96. The number of benzene rings is 6. The van der Waals surface area contributed by atoms with E-state index in [4.69, 9.17) is 45.5 Å². The van der Waals surface area contributed by atoms with Crippen molar-refractivity contribution < 1.29 is 45.5 Å². The van der Waals surface area contributed by atoms with Gasteiger partial charge in [0.05, 0.1) is 25.4 Å². The van der Waals surface area contributed by atoms with Gasteiger partial charge < -0.3 is 45.5 Å². The molecule has 12 heteroatoms. The van der Waals surface area contributed by atoms with Crippen LogP contribution in [0.3, 0.4) is 0 Å². The van der Waals surface area contributed by atoms with Crippen molar-refractivity contribution in [2.45, 2.75) is 252 Å². The number of methoxy groups -OCH3 is 1. The molecule has 0 saturated heterocycles. The first-order valence-electron chi connectivity index (χ1n) is 39.9. The molecular weight excluding hydrogens is 1290 g/mol. The van der Waals surface area contributed by atoms with Crippen molar-refractivity contribution in [3.8, 4) is 0 Å². The molecule has 0 aliphatic heterocycles. The second-order valence-electron chi connectivity index (χ2n) is 28.8. The van der Waals surface area contributed by atoms with E-state index in [0.29, 0.717) is 114 Å². The highest BCUT2D eigenvalue weighted by molar-refractivity contribution is 6.61. The molecule has 6 aromatic carbocycles. The van der Waals surface area contributed by atoms with Gasteiger partial charge in [-0.15, -0.1) is 0 Å². The largest absolute Gasteiger partial charge is 0.501 e. The Morgan fingerprint density at radius 2 is 0.644 bits per heavy atom. The maximum Gasteiger partial charge on any atom is 0.501 e. The summed E-state index contributed by atoms with van der Waals surface area (Å²) in [5.41, 5.74) is 14.9. The number of hydrogen-bond donors (Lipinski definition) is 0. The minimum atomic E-state index is -2.79. The van der Waals surface area contributed by atoms with Crippen LogP contribution in [0.1, 0.15) is 257 Å². The van der Waals surface area contributed by atoms with Crippen LogP contribution in [-0.4, -0.2) is 110 Å². The van der Waals surface area contributed by atoms with Gasteiger partial charge in [-0.25, -0.2) is 0 Å². The van der Waals surface area contributed by atoms with Crippen molar-refractivity contribution in [3.05, 3.63) is 213 Å². The third-order valence-corrected chi connectivity index (χ3v) is 27.8. The van der Waals surface area contributed by atoms with E-state index < -0.39 is 17.6 Å². The molecule has 10 nitrogen and oxygen atoms in total. The first-order valence-corrected chi connectivity index (χ1v) is 43.8. The van der Waals surface area contributed by atoms with Crippen molar-refractivity contribution in [2.75, 3.05) is 79.8 Å². The molecule has 558 valence electrons. The smallest absolute Gasteiger partial charge is 0.379 e. The number of aryl methyl sites for hydroxylation is 4. The number of unbranched alkanes of at least 4 members (excludes halogenated alkanes) is 1. The Bertz CT molecular complexity index is 3070. The normalized spacial score (nSPS) is 15.8. The average molecular weight is 1420 g/mol. The molecule has 10 unspecified atom stereocenters. The van der Waals surface area contributed by atoms with Gasteiger partial charge in [-0.2, -0.15) is 0 Å². The number of ether oxygens (including phenoxy) is 4. The maximum absolute atomic E-state index is 6.90. The van der Waals surface area contributed by atoms with Gasteiger partial charge in [-0.1, -0.05) is 212 Å². The Hall–Kier alpha value is -4.65. The lowest BCUT2D eigenvalue weighted by atomic mass is 9.74. The quantitative estimate of drug-likeness (QED) is 0.0272. The van der Waals surface area contributed by atoms with Gasteiger partial charge in [0.1, 0.15) is 0 Å². The molecule has 0 heterocycles. The Labute approximate surface area is 616 Å². The van der Waals surface area contributed by atoms with Gasteiger partial charge >= 0.3 is 17.6 Å². The number of rotatable bonds is 53. The predicted molar refractivity (Wildman–Crippen MR) is 423 cm³/mol. The SMILES string of the molecule is CCCCOCC(CC(CC(CC(CC(C)CC)c1ccccc1)c1ccc2c(c1)CC2)c1ccccc1)OC.CCO[Si](CCCOCC(CC(CC(CC(CC(C)CC)c1ccccc1)c1ccc2c(c1)CC2)c1ccccc1)OCCC[Si](OCC)(OCC)OCC)(OCC)OCC. The molecule has 10 atom stereocenters. The number of hydrogen-bond acceptors (Lipinski definition) is 10. The molecule has 0 bridgehead atoms. The highest BCUT2D eigenvalue weighted by Crippen LogP contribution is 2.45. The average Bonchev–Trinajstić information content (AvgIpc) is 0.803. The van der Waals surface area contributed by atoms with E-state index in [-0.39, 0.29) is 18.1 Å². The first-order chi connectivity index (χ1) is 49.4. The van der Waals surface area contributed by atoms with Gasteiger partial charge in [-0.05, 0) is 241 Å². The van der Waals surface area contributed by atoms with E-state index in [1.54, 1.807) is 11.1 Å². The molecule has 0 saturated carbocycles. The monoisotopic (exact) mass is 1420 g/mol. The molecule has 0 radical (unpaired) electrons. The topological polar surface area (TPSA) is 92.3 Å². The van der Waals surface area contributed by atoms with E-state index >= 15 is 0 Å². The summed E-state index contributed by atoms with van der Waals surface area (Å²) in [4.78, 5) is 0. The van der Waals surface area contributed by atoms with Crippen molar-refractivity contribution >= 4 is 17.6 Å². The molecule has 6 aromatic rings. The third-order valence-electron chi connectivity index (χ3n) is 21.5. The second-order valence-corrected chi connectivity index (χ2v) is 34.3. The molecule has 0 fully saturated rings. The van der Waals surface area contributed by atoms with E-state index in [0.717, 1.165) is 70.4 Å². The van der Waals surface area contributed by atoms with Crippen LogP contribution < -0.4 is 0 Å². The molecule has 101 heavy (non-hydrogen) atoms. The Balaban J connectivity index is 0.000000308. The van der Waals surface area contributed by atoms with Crippen molar-refractivity contribution in [1.82, 2.24) is 0 Å². The highest BCUT2D eigenvalue weighted by Gasteiger charge is 2.41. The number of fused-ring (bicyclic) bond motifs is 2. The molecule has 8 rings (SSSR count). The molecule has 2 aliphatic carbocycles. The Kier molecular flexibility index (Phi) is 38.9. The fourth-order valence-electron chi connectivity index (χ4n) is 15.4. The van der Waals surface area contributed by atoms with Crippen LogP contribution >= 0.6 is 0 Å². The van der Waals surface area contributed by atoms with Crippen LogP contribution in [0.4, 0.5) is 0 Å². The van der Waals surface area contributed by atoms with Crippen LogP contribution in [0.15, 0.2) is 158 Å². The third kappa shape index (κ3) is 28.0. The van der Waals surface area contributed by atoms with Crippen LogP contribution in [0.5, 0.6) is 0 Å². The van der Waals surface area contributed by atoms with Gasteiger partial charge in [0.25, 0.3) is 0 Å². The molecule has 2 aliphatic rings. The lowest BCUT2D eigenvalue weighted by Gasteiger charge is -2.32. The molecule has 0 N–H and O–H groups in total. The Morgan fingerprint density at radius 1 is 0.327 bits per heavy atom. The van der Waals surface area contributed by atoms with Gasteiger partial charge in [0.2, 0.25) is 0 Å². The zero-order chi connectivity index (χ0) is 71.9. The van der Waals surface area contributed by atoms with Crippen LogP contribution in [0.25, 0.3) is 0 Å². The van der Waals surface area contributed by atoms with E-state index in [9.17, 15) is 0 Å². The molecule has 0 amide bonds. The summed E-state index contributed by atoms with van der Waals surface area (Å²) >= 11 is 0. The highest BCUT2D eigenvalue weighted by atomic mass is 28.4. The zero-order valence-electron chi connectivity index (χ0n) is 64.8. The summed E-state index contributed by atoms with van der Waals surface area (Å²) in [5, 5.41) is 0. The summed E-state index contributed by atoms with van der Waals surface area (Å²) < 4.78 is 62.5. The minimum absolute atomic E-state index is 0.101. The standard InChI is InChI=1S/C51H82O8Si2.C38H52O2/c1-9-42(8)36-48(43-24-18-16-19-25-43)38-49(47-31-29-45-28-30-46(45)37-47)39-50(44-26-20-17-21-27-44)40-51(53-33-23-35-61(57-13-5,58-14-6)59-15-7)41-52-32-22-34-60(54-10-2,55-11-3)56-12-4;1-5-7-22-40-28-38(39-4)27-37(31-16-12-9-13-17-31)26-36(34-21-19-32-18-20-33(32)24-34)25-35(23-29(3)6-2)30-14-10-8-11-15-30/h16-21,24-27,29,31,37,42,48-51H,9-15,22-23,28,30,32-36,38-41H2,1-8H3;8-17,19,21,24,29,35-38H,5-7,18,20,22-23,25-28H2,1-4H3. The molecule has 0 aromatic heterocycles. The van der Waals surface area contributed by atoms with E-state index in [1.807, 2.05) is 48.7 Å². The van der Waals surface area contributed by atoms with Crippen LogP contribution in [0.2, 0.25) is 12.1 Å². The lowest BCUT2D eigenvalue weighted by molar-refractivity contribution is -0.0263. The van der Waals surface area contributed by atoms with E-state index in [2.05, 4.69) is 192 Å². The van der Waals surface area contributed by atoms with Crippen LogP contribution in [0, 0.1) is 11.8 Å². The first kappa shape index (κ1) is 83.6. The predicted octanol–water partition coefficient (Wildman–Crippen LogP) is 22.2.